The Labute approximate surface area is 108 Å². The average molecular weight is 256 g/mol. The third-order valence-corrected chi connectivity index (χ3v) is 3.40. The molecule has 0 fully saturated rings. The Morgan fingerprint density at radius 2 is 1.95 bits per heavy atom. The fraction of sp³-hybridized carbons (Fsp3) is 0.154. The first-order valence-corrected chi connectivity index (χ1v) is 5.88. The normalized spacial score (nSPS) is 12.6. The maximum atomic E-state index is 11.3. The molecule has 2 amide bonds. The molecule has 0 bridgehead atoms. The zero-order chi connectivity index (χ0) is 13.6. The average Bonchev–Trinajstić information content (AvgIpc) is 2.82. The lowest BCUT2D eigenvalue weighted by Gasteiger charge is -2.16. The van der Waals surface area contributed by atoms with Crippen molar-refractivity contribution < 1.29 is 9.59 Å². The molecule has 6 nitrogen and oxygen atoms in total. The van der Waals surface area contributed by atoms with Crippen LogP contribution in [-0.4, -0.2) is 22.0 Å². The summed E-state index contributed by atoms with van der Waals surface area (Å²) in [6.45, 7) is 0. The summed E-state index contributed by atoms with van der Waals surface area (Å²) in [7, 11) is 0. The number of carbonyl (C=O) groups excluding carboxylic acids is 2. The molecule has 6 heteroatoms. The Morgan fingerprint density at radius 3 is 2.63 bits per heavy atom. The van der Waals surface area contributed by atoms with Gasteiger partial charge in [0.15, 0.2) is 0 Å². The number of carbonyl (C=O) groups is 2. The Balaban J connectivity index is 2.15. The van der Waals surface area contributed by atoms with Gasteiger partial charge >= 0.3 is 0 Å². The van der Waals surface area contributed by atoms with E-state index in [1.807, 2.05) is 0 Å². The zero-order valence-corrected chi connectivity index (χ0v) is 10.1. The Bertz CT molecular complexity index is 703. The first-order chi connectivity index (χ1) is 9.08. The summed E-state index contributed by atoms with van der Waals surface area (Å²) < 4.78 is 0. The standard InChI is InChI=1S/C13H12N4O2/c14-12(18)7-2-3-8-6(5-7)1-4-9-10(8)16-17-11(9)13(15)19/h2-3,5H,1,4H2,(H2,14,18)(H2,15,19)(H,16,17). The van der Waals surface area contributed by atoms with E-state index in [4.69, 9.17) is 11.5 Å². The molecular weight excluding hydrogens is 244 g/mol. The number of fused-ring (bicyclic) bond motifs is 3. The first-order valence-electron chi connectivity index (χ1n) is 5.88. The molecule has 1 aliphatic rings. The minimum atomic E-state index is -0.508. The number of aromatic nitrogens is 2. The Kier molecular flexibility index (Phi) is 2.38. The van der Waals surface area contributed by atoms with E-state index in [-0.39, 0.29) is 0 Å². The highest BCUT2D eigenvalue weighted by Gasteiger charge is 2.24. The molecule has 1 aliphatic carbocycles. The van der Waals surface area contributed by atoms with E-state index in [1.54, 1.807) is 18.2 Å². The van der Waals surface area contributed by atoms with E-state index in [9.17, 15) is 9.59 Å². The van der Waals surface area contributed by atoms with E-state index < -0.39 is 11.8 Å². The van der Waals surface area contributed by atoms with Crippen molar-refractivity contribution in [3.05, 3.63) is 40.6 Å². The van der Waals surface area contributed by atoms with Crippen molar-refractivity contribution in [2.24, 2.45) is 11.5 Å². The highest BCUT2D eigenvalue weighted by molar-refractivity contribution is 5.96. The summed E-state index contributed by atoms with van der Waals surface area (Å²) in [5, 5.41) is 6.83. The van der Waals surface area contributed by atoms with Crippen molar-refractivity contribution in [1.29, 1.82) is 0 Å². The molecule has 1 aromatic carbocycles. The number of nitrogens with two attached hydrogens (primary N) is 2. The van der Waals surface area contributed by atoms with Crippen LogP contribution in [0.3, 0.4) is 0 Å². The second-order valence-corrected chi connectivity index (χ2v) is 4.53. The SMILES string of the molecule is NC(=O)c1ccc2c(c1)CCc1c-2n[nH]c1C(N)=O. The van der Waals surface area contributed by atoms with Gasteiger partial charge in [0, 0.05) is 16.7 Å². The van der Waals surface area contributed by atoms with Crippen molar-refractivity contribution in [3.8, 4) is 11.3 Å². The molecule has 3 rings (SSSR count). The minimum absolute atomic E-state index is 0.361. The van der Waals surface area contributed by atoms with Gasteiger partial charge in [-0.2, -0.15) is 5.10 Å². The van der Waals surface area contributed by atoms with Gasteiger partial charge in [0.2, 0.25) is 5.91 Å². The summed E-state index contributed by atoms with van der Waals surface area (Å²) in [4.78, 5) is 22.4. The third-order valence-electron chi connectivity index (χ3n) is 3.40. The van der Waals surface area contributed by atoms with Gasteiger partial charge in [-0.25, -0.2) is 0 Å². The van der Waals surface area contributed by atoms with Gasteiger partial charge in [0.05, 0.1) is 5.69 Å². The zero-order valence-electron chi connectivity index (χ0n) is 10.1. The summed E-state index contributed by atoms with van der Waals surface area (Å²) in [5.41, 5.74) is 14.9. The van der Waals surface area contributed by atoms with Gasteiger partial charge in [-0.3, -0.25) is 14.7 Å². The van der Waals surface area contributed by atoms with Gasteiger partial charge < -0.3 is 11.5 Å². The second kappa shape index (κ2) is 3.94. The van der Waals surface area contributed by atoms with Gasteiger partial charge in [-0.05, 0) is 30.5 Å². The first kappa shape index (κ1) is 11.5. The van der Waals surface area contributed by atoms with Crippen LogP contribution >= 0.6 is 0 Å². The van der Waals surface area contributed by atoms with Crippen molar-refractivity contribution in [3.63, 3.8) is 0 Å². The number of amides is 2. The minimum Gasteiger partial charge on any atom is -0.366 e. The lowest BCUT2D eigenvalue weighted by atomic mass is 9.88. The number of primary amides is 2. The van der Waals surface area contributed by atoms with Crippen LogP contribution in [0.5, 0.6) is 0 Å². The van der Waals surface area contributed by atoms with Crippen LogP contribution in [0.4, 0.5) is 0 Å². The van der Waals surface area contributed by atoms with E-state index in [2.05, 4.69) is 10.2 Å². The van der Waals surface area contributed by atoms with Crippen LogP contribution in [0.1, 0.15) is 32.0 Å². The topological polar surface area (TPSA) is 115 Å². The van der Waals surface area contributed by atoms with Crippen LogP contribution in [-0.2, 0) is 12.8 Å². The highest BCUT2D eigenvalue weighted by Crippen LogP contribution is 2.33. The molecule has 0 saturated heterocycles. The Hall–Kier alpha value is -2.63. The van der Waals surface area contributed by atoms with Crippen LogP contribution in [0.15, 0.2) is 18.2 Å². The molecule has 5 N–H and O–H groups in total. The van der Waals surface area contributed by atoms with Gasteiger partial charge in [-0.15, -0.1) is 0 Å². The number of aromatic amines is 1. The molecule has 0 saturated carbocycles. The summed E-state index contributed by atoms with van der Waals surface area (Å²) in [5.74, 6) is -0.959. The molecular formula is C13H12N4O2. The fourth-order valence-corrected chi connectivity index (χ4v) is 2.48. The third kappa shape index (κ3) is 1.69. The summed E-state index contributed by atoms with van der Waals surface area (Å²) in [6, 6.07) is 5.24. The quantitative estimate of drug-likeness (QED) is 0.721. The summed E-state index contributed by atoms with van der Waals surface area (Å²) in [6.07, 6.45) is 1.39. The van der Waals surface area contributed by atoms with Crippen LogP contribution in [0, 0.1) is 0 Å². The molecule has 2 aromatic rings. The van der Waals surface area contributed by atoms with E-state index in [0.717, 1.165) is 28.8 Å². The largest absolute Gasteiger partial charge is 0.366 e. The van der Waals surface area contributed by atoms with Gasteiger partial charge in [0.1, 0.15) is 5.69 Å². The number of H-pyrrole nitrogens is 1. The number of nitrogens with zero attached hydrogens (tertiary/aromatic N) is 1. The van der Waals surface area contributed by atoms with Crippen molar-refractivity contribution in [2.45, 2.75) is 12.8 Å². The van der Waals surface area contributed by atoms with Crippen molar-refractivity contribution in [2.75, 3.05) is 0 Å². The van der Waals surface area contributed by atoms with Crippen molar-refractivity contribution in [1.82, 2.24) is 10.2 Å². The molecule has 96 valence electrons. The smallest absolute Gasteiger partial charge is 0.267 e. The number of benzene rings is 1. The maximum Gasteiger partial charge on any atom is 0.267 e. The van der Waals surface area contributed by atoms with Gasteiger partial charge in [0.25, 0.3) is 5.91 Å². The van der Waals surface area contributed by atoms with E-state index >= 15 is 0 Å². The lowest BCUT2D eigenvalue weighted by molar-refractivity contribution is 0.0988. The highest BCUT2D eigenvalue weighted by atomic mass is 16.1. The lowest BCUT2D eigenvalue weighted by Crippen LogP contribution is -2.16. The van der Waals surface area contributed by atoms with Crippen LogP contribution in [0.2, 0.25) is 0 Å². The number of hydrogen-bond donors (Lipinski definition) is 3. The number of rotatable bonds is 2. The monoisotopic (exact) mass is 256 g/mol. The molecule has 0 unspecified atom stereocenters. The Morgan fingerprint density at radius 1 is 1.16 bits per heavy atom. The molecule has 0 radical (unpaired) electrons. The number of aryl methyl sites for hydroxylation is 1. The predicted molar refractivity (Wildman–Crippen MR) is 68.5 cm³/mol. The molecule has 0 spiro atoms. The van der Waals surface area contributed by atoms with Crippen LogP contribution in [0.25, 0.3) is 11.3 Å². The van der Waals surface area contributed by atoms with Gasteiger partial charge in [-0.1, -0.05) is 6.07 Å². The number of hydrogen-bond acceptors (Lipinski definition) is 3. The second-order valence-electron chi connectivity index (χ2n) is 4.53. The van der Waals surface area contributed by atoms with Crippen molar-refractivity contribution >= 4 is 11.8 Å². The molecule has 1 heterocycles. The van der Waals surface area contributed by atoms with E-state index in [0.29, 0.717) is 17.7 Å². The summed E-state index contributed by atoms with van der Waals surface area (Å²) >= 11 is 0. The molecule has 19 heavy (non-hydrogen) atoms. The maximum absolute atomic E-state index is 11.3. The number of nitrogens with one attached hydrogen (secondary N) is 1. The van der Waals surface area contributed by atoms with Crippen LogP contribution < -0.4 is 11.5 Å². The molecule has 1 aromatic heterocycles. The molecule has 0 aliphatic heterocycles. The van der Waals surface area contributed by atoms with E-state index in [1.165, 1.54) is 0 Å². The predicted octanol–water partition coefficient (Wildman–Crippen LogP) is 0.373. The molecule has 0 atom stereocenters. The fourth-order valence-electron chi connectivity index (χ4n) is 2.48.